The maximum atomic E-state index is 12.8. The second kappa shape index (κ2) is 8.88. The van der Waals surface area contributed by atoms with Crippen LogP contribution in [0.5, 0.6) is 0 Å². The van der Waals surface area contributed by atoms with Gasteiger partial charge in [0, 0.05) is 16.8 Å². The van der Waals surface area contributed by atoms with Gasteiger partial charge in [0.15, 0.2) is 5.76 Å². The van der Waals surface area contributed by atoms with E-state index >= 15 is 0 Å². The fourth-order valence-corrected chi connectivity index (χ4v) is 3.72. The van der Waals surface area contributed by atoms with Crippen LogP contribution in [0.25, 0.3) is 10.8 Å². The van der Waals surface area contributed by atoms with E-state index in [1.54, 1.807) is 25.1 Å². The van der Waals surface area contributed by atoms with Crippen LogP contribution in [0.3, 0.4) is 0 Å². The number of nitrogens with zero attached hydrogens (tertiary/aromatic N) is 1. The zero-order valence-electron chi connectivity index (χ0n) is 17.9. The second-order valence-corrected chi connectivity index (χ2v) is 8.70. The molecule has 2 aromatic rings. The molecule has 0 bridgehead atoms. The number of carbonyl (C=O) groups is 2. The first-order valence-electron chi connectivity index (χ1n) is 10.2. The third-order valence-electron chi connectivity index (χ3n) is 5.10. The Hall–Kier alpha value is -2.85. The monoisotopic (exact) mass is 412 g/mol. The molecule has 1 heterocycles. The van der Waals surface area contributed by atoms with E-state index in [2.05, 4.69) is 11.4 Å². The van der Waals surface area contributed by atoms with Crippen molar-refractivity contribution in [2.24, 2.45) is 0 Å². The highest BCUT2D eigenvalue weighted by molar-refractivity contribution is 6.06. The lowest BCUT2D eigenvalue weighted by molar-refractivity contribution is -0.162. The van der Waals surface area contributed by atoms with E-state index in [0.29, 0.717) is 16.7 Å². The Morgan fingerprint density at radius 3 is 2.53 bits per heavy atom. The lowest BCUT2D eigenvalue weighted by atomic mass is 9.93. The normalized spacial score (nSPS) is 19.3. The number of furan rings is 1. The zero-order valence-corrected chi connectivity index (χ0v) is 17.9. The fourth-order valence-electron chi connectivity index (χ4n) is 3.72. The number of fused-ring (bicyclic) bond motifs is 1. The van der Waals surface area contributed by atoms with Gasteiger partial charge < -0.3 is 19.2 Å². The number of rotatable bonds is 5. The first-order chi connectivity index (χ1) is 14.2. The summed E-state index contributed by atoms with van der Waals surface area (Å²) >= 11 is 0. The minimum Gasteiger partial charge on any atom is -0.458 e. The number of nitrogens with one attached hydrogen (secondary N) is 1. The lowest BCUT2D eigenvalue weighted by Crippen LogP contribution is -2.39. The van der Waals surface area contributed by atoms with Crippen LogP contribution >= 0.6 is 0 Å². The number of aryl methyl sites for hydroxylation is 1. The average Bonchev–Trinajstić information content (AvgIpc) is 3.02. The Morgan fingerprint density at radius 2 is 1.90 bits per heavy atom. The van der Waals surface area contributed by atoms with Gasteiger partial charge in [0.2, 0.25) is 0 Å². The second-order valence-electron chi connectivity index (χ2n) is 8.70. The molecule has 1 N–H and O–H groups in total. The Bertz CT molecular complexity index is 972. The van der Waals surface area contributed by atoms with Gasteiger partial charge in [-0.1, -0.05) is 0 Å². The van der Waals surface area contributed by atoms with Gasteiger partial charge in [0.05, 0.1) is 17.7 Å². The van der Waals surface area contributed by atoms with Gasteiger partial charge >= 0.3 is 5.97 Å². The lowest BCUT2D eigenvalue weighted by Gasteiger charge is -2.29. The predicted molar refractivity (Wildman–Crippen MR) is 111 cm³/mol. The molecule has 160 valence electrons. The first-order valence-corrected chi connectivity index (χ1v) is 10.2. The molecule has 7 nitrogen and oxygen atoms in total. The topological polar surface area (TPSA) is 102 Å². The molecule has 0 atom stereocenters. The molecule has 1 amide bonds. The predicted octanol–water partition coefficient (Wildman–Crippen LogP) is 4.01. The Balaban J connectivity index is 1.52. The van der Waals surface area contributed by atoms with Gasteiger partial charge in [-0.15, -0.1) is 0 Å². The quantitative estimate of drug-likeness (QED) is 0.745. The van der Waals surface area contributed by atoms with Crippen molar-refractivity contribution < 1.29 is 23.5 Å². The summed E-state index contributed by atoms with van der Waals surface area (Å²) in [7, 11) is 0. The molecule has 1 aromatic heterocycles. The van der Waals surface area contributed by atoms with Crippen molar-refractivity contribution in [1.29, 1.82) is 5.26 Å². The van der Waals surface area contributed by atoms with Gasteiger partial charge in [-0.05, 0) is 71.6 Å². The molecular weight excluding hydrogens is 384 g/mol. The number of amides is 1. The number of carbonyl (C=O) groups excluding carboxylic acids is 2. The highest BCUT2D eigenvalue weighted by atomic mass is 16.6. The van der Waals surface area contributed by atoms with Gasteiger partial charge in [-0.3, -0.25) is 4.79 Å². The number of nitriles is 1. The summed E-state index contributed by atoms with van der Waals surface area (Å²) < 4.78 is 16.6. The van der Waals surface area contributed by atoms with E-state index in [9.17, 15) is 9.59 Å². The Morgan fingerprint density at radius 1 is 1.20 bits per heavy atom. The molecule has 3 rings (SSSR count). The summed E-state index contributed by atoms with van der Waals surface area (Å²) in [4.78, 5) is 24.5. The molecule has 0 aliphatic heterocycles. The van der Waals surface area contributed by atoms with Crippen molar-refractivity contribution in [2.45, 2.75) is 71.1 Å². The molecule has 30 heavy (non-hydrogen) atoms. The fraction of sp³-hybridized carbons (Fsp3) is 0.522. The number of esters is 1. The van der Waals surface area contributed by atoms with E-state index in [4.69, 9.17) is 19.2 Å². The van der Waals surface area contributed by atoms with Crippen molar-refractivity contribution >= 4 is 22.6 Å². The van der Waals surface area contributed by atoms with E-state index in [1.165, 1.54) is 0 Å². The minimum absolute atomic E-state index is 0.0123. The first kappa shape index (κ1) is 21.8. The van der Waals surface area contributed by atoms with Gasteiger partial charge in [-0.25, -0.2) is 4.79 Å². The van der Waals surface area contributed by atoms with Crippen molar-refractivity contribution in [3.8, 4) is 6.07 Å². The van der Waals surface area contributed by atoms with Crippen molar-refractivity contribution in [3.05, 3.63) is 35.3 Å². The highest BCUT2D eigenvalue weighted by Gasteiger charge is 2.26. The van der Waals surface area contributed by atoms with Crippen LogP contribution in [0.1, 0.15) is 68.3 Å². The third kappa shape index (κ3) is 5.39. The van der Waals surface area contributed by atoms with E-state index in [1.807, 2.05) is 20.8 Å². The molecular formula is C23H28N2O5. The van der Waals surface area contributed by atoms with Crippen LogP contribution in [-0.4, -0.2) is 36.2 Å². The van der Waals surface area contributed by atoms with Crippen LogP contribution in [0.2, 0.25) is 0 Å². The molecule has 0 unspecified atom stereocenters. The number of ether oxygens (including phenoxy) is 2. The minimum atomic E-state index is -0.521. The molecule has 1 aliphatic carbocycles. The number of hydrogen-bond acceptors (Lipinski definition) is 6. The Labute approximate surface area is 176 Å². The van der Waals surface area contributed by atoms with E-state index in [-0.39, 0.29) is 36.4 Å². The van der Waals surface area contributed by atoms with Crippen LogP contribution in [0.15, 0.2) is 22.6 Å². The SMILES string of the molecule is Cc1oc(C(=O)NC2CCC(OCC(=O)OC(C)(C)C)CC2)c2ccc(C#N)cc12. The van der Waals surface area contributed by atoms with Crippen LogP contribution in [0, 0.1) is 18.3 Å². The summed E-state index contributed by atoms with van der Waals surface area (Å²) in [6, 6.07) is 7.29. The molecule has 0 saturated heterocycles. The third-order valence-corrected chi connectivity index (χ3v) is 5.10. The maximum Gasteiger partial charge on any atom is 0.332 e. The molecule has 1 aliphatic rings. The standard InChI is InChI=1S/C23H28N2O5/c1-14-19-11-15(12-24)5-10-18(19)21(29-14)22(27)25-16-6-8-17(9-7-16)28-13-20(26)30-23(2,3)4/h5,10-11,16-17H,6-9,13H2,1-4H3,(H,25,27). The van der Waals surface area contributed by atoms with Gasteiger partial charge in [0.1, 0.15) is 18.0 Å². The summed E-state index contributed by atoms with van der Waals surface area (Å²) in [5, 5.41) is 13.6. The van der Waals surface area contributed by atoms with Crippen molar-refractivity contribution in [3.63, 3.8) is 0 Å². The molecule has 0 radical (unpaired) electrons. The van der Waals surface area contributed by atoms with Crippen LogP contribution < -0.4 is 5.32 Å². The molecule has 1 aromatic carbocycles. The highest BCUT2D eigenvalue weighted by Crippen LogP contribution is 2.28. The van der Waals surface area contributed by atoms with Crippen molar-refractivity contribution in [1.82, 2.24) is 5.32 Å². The van der Waals surface area contributed by atoms with Crippen LogP contribution in [-0.2, 0) is 14.3 Å². The van der Waals surface area contributed by atoms with E-state index < -0.39 is 5.60 Å². The number of benzene rings is 1. The molecule has 1 saturated carbocycles. The number of hydrogen-bond donors (Lipinski definition) is 1. The van der Waals surface area contributed by atoms with Gasteiger partial charge in [0.25, 0.3) is 5.91 Å². The maximum absolute atomic E-state index is 12.8. The molecule has 1 fully saturated rings. The largest absolute Gasteiger partial charge is 0.458 e. The zero-order chi connectivity index (χ0) is 21.9. The molecule has 0 spiro atoms. The average molecular weight is 412 g/mol. The van der Waals surface area contributed by atoms with Gasteiger partial charge in [-0.2, -0.15) is 5.26 Å². The summed E-state index contributed by atoms with van der Waals surface area (Å²) in [5.41, 5.74) is 0.00972. The smallest absolute Gasteiger partial charge is 0.332 e. The summed E-state index contributed by atoms with van der Waals surface area (Å²) in [6.45, 7) is 7.20. The summed E-state index contributed by atoms with van der Waals surface area (Å²) in [5.74, 6) is 0.273. The summed E-state index contributed by atoms with van der Waals surface area (Å²) in [6.07, 6.45) is 3.04. The molecule has 7 heteroatoms. The Kier molecular flexibility index (Phi) is 6.47. The van der Waals surface area contributed by atoms with E-state index in [0.717, 1.165) is 31.1 Å². The van der Waals surface area contributed by atoms with Crippen LogP contribution in [0.4, 0.5) is 0 Å². The van der Waals surface area contributed by atoms with Crippen molar-refractivity contribution in [2.75, 3.05) is 6.61 Å².